The molecular weight excluding hydrogens is 510 g/mol. The van der Waals surface area contributed by atoms with E-state index in [0.717, 1.165) is 11.1 Å². The lowest BCUT2D eigenvalue weighted by Gasteiger charge is -2.32. The zero-order valence-corrected chi connectivity index (χ0v) is 22.4. The van der Waals surface area contributed by atoms with Crippen LogP contribution in [0.15, 0.2) is 60.7 Å². The van der Waals surface area contributed by atoms with Crippen LogP contribution in [0.4, 0.5) is 0 Å². The van der Waals surface area contributed by atoms with Gasteiger partial charge < -0.3 is 27.4 Å². The number of carbonyl (C=O) groups excluding carboxylic acids is 4. The van der Waals surface area contributed by atoms with Crippen LogP contribution in [0, 0.1) is 0 Å². The van der Waals surface area contributed by atoms with Gasteiger partial charge in [0.1, 0.15) is 18.1 Å². The van der Waals surface area contributed by atoms with E-state index in [0.29, 0.717) is 6.42 Å². The van der Waals surface area contributed by atoms with E-state index in [1.165, 1.54) is 21.6 Å². The second-order valence-electron chi connectivity index (χ2n) is 9.42. The summed E-state index contributed by atoms with van der Waals surface area (Å²) in [6.07, 6.45) is 0.508. The summed E-state index contributed by atoms with van der Waals surface area (Å²) in [5.74, 6) is -2.00. The molecule has 11 heteroatoms. The molecule has 9 nitrogen and oxygen atoms in total. The van der Waals surface area contributed by atoms with Crippen LogP contribution in [-0.4, -0.2) is 58.3 Å². The summed E-state index contributed by atoms with van der Waals surface area (Å²) in [7, 11) is 2.62. The van der Waals surface area contributed by atoms with Gasteiger partial charge in [0, 0.05) is 16.9 Å². The Bertz CT molecular complexity index is 1100. The van der Waals surface area contributed by atoms with E-state index in [4.69, 9.17) is 11.5 Å². The number of nitrogens with two attached hydrogens (primary N) is 2. The summed E-state index contributed by atoms with van der Waals surface area (Å²) in [5, 5.41) is 8.24. The van der Waals surface area contributed by atoms with E-state index in [1.54, 1.807) is 13.8 Å². The minimum absolute atomic E-state index is 0.193. The lowest BCUT2D eigenvalue weighted by molar-refractivity contribution is -0.133. The van der Waals surface area contributed by atoms with E-state index in [9.17, 15) is 19.2 Å². The van der Waals surface area contributed by atoms with Crippen molar-refractivity contribution in [3.63, 3.8) is 0 Å². The van der Waals surface area contributed by atoms with Crippen molar-refractivity contribution < 1.29 is 19.2 Å². The molecule has 0 bridgehead atoms. The van der Waals surface area contributed by atoms with Gasteiger partial charge in [-0.25, -0.2) is 0 Å². The Balaban J connectivity index is 1.82. The molecule has 3 rings (SSSR count). The fourth-order valence-corrected chi connectivity index (χ4v) is 6.71. The van der Waals surface area contributed by atoms with Crippen molar-refractivity contribution in [1.29, 1.82) is 0 Å². The first kappa shape index (κ1) is 28.5. The van der Waals surface area contributed by atoms with Gasteiger partial charge in [0.05, 0.1) is 6.04 Å². The molecule has 2 aromatic carbocycles. The first-order chi connectivity index (χ1) is 17.6. The van der Waals surface area contributed by atoms with Crippen LogP contribution in [0.3, 0.4) is 0 Å². The van der Waals surface area contributed by atoms with E-state index in [1.807, 2.05) is 60.7 Å². The maximum absolute atomic E-state index is 13.3. The van der Waals surface area contributed by atoms with Crippen molar-refractivity contribution in [2.24, 2.45) is 11.5 Å². The predicted molar refractivity (Wildman–Crippen MR) is 147 cm³/mol. The summed E-state index contributed by atoms with van der Waals surface area (Å²) in [6, 6.07) is 14.8. The maximum atomic E-state index is 13.3. The SMILES string of the molecule is CC1(C)SSC[C@@H](NC(=O)[C@@H](N)Cc2ccccc2)C(=O)NC(Cc2ccccc2)C(=O)N[C@H]1C(N)=O. The summed E-state index contributed by atoms with van der Waals surface area (Å²) < 4.78 is -0.783. The molecule has 7 N–H and O–H groups in total. The van der Waals surface area contributed by atoms with Crippen molar-refractivity contribution in [2.45, 2.75) is 55.6 Å². The van der Waals surface area contributed by atoms with Gasteiger partial charge in [-0.15, -0.1) is 0 Å². The van der Waals surface area contributed by atoms with Gasteiger partial charge in [-0.1, -0.05) is 82.3 Å². The van der Waals surface area contributed by atoms with Crippen molar-refractivity contribution in [3.05, 3.63) is 71.8 Å². The van der Waals surface area contributed by atoms with Crippen molar-refractivity contribution in [3.8, 4) is 0 Å². The number of rotatable bonds is 7. The highest BCUT2D eigenvalue weighted by atomic mass is 33.1. The first-order valence-corrected chi connectivity index (χ1v) is 14.2. The summed E-state index contributed by atoms with van der Waals surface area (Å²) in [6.45, 7) is 3.59. The van der Waals surface area contributed by atoms with E-state index >= 15 is 0 Å². The van der Waals surface area contributed by atoms with E-state index < -0.39 is 52.5 Å². The molecule has 0 aliphatic carbocycles. The van der Waals surface area contributed by atoms with E-state index in [2.05, 4.69) is 16.0 Å². The predicted octanol–water partition coefficient (Wildman–Crippen LogP) is 0.912. The highest BCUT2D eigenvalue weighted by Gasteiger charge is 2.39. The minimum Gasteiger partial charge on any atom is -0.368 e. The lowest BCUT2D eigenvalue weighted by Crippen LogP contribution is -2.60. The van der Waals surface area contributed by atoms with Crippen molar-refractivity contribution >= 4 is 45.2 Å². The van der Waals surface area contributed by atoms with Gasteiger partial charge in [0.15, 0.2) is 0 Å². The molecule has 4 amide bonds. The van der Waals surface area contributed by atoms with Crippen LogP contribution in [-0.2, 0) is 32.0 Å². The second kappa shape index (κ2) is 13.0. The molecule has 0 spiro atoms. The average Bonchev–Trinajstić information content (AvgIpc) is 2.87. The Labute approximate surface area is 224 Å². The number of primary amides is 1. The van der Waals surface area contributed by atoms with Gasteiger partial charge in [0.2, 0.25) is 23.6 Å². The summed E-state index contributed by atoms with van der Waals surface area (Å²) in [4.78, 5) is 51.8. The smallest absolute Gasteiger partial charge is 0.244 e. The van der Waals surface area contributed by atoms with Gasteiger partial charge in [0.25, 0.3) is 0 Å². The molecule has 198 valence electrons. The van der Waals surface area contributed by atoms with Crippen LogP contribution >= 0.6 is 21.6 Å². The highest BCUT2D eigenvalue weighted by molar-refractivity contribution is 8.77. The fourth-order valence-electron chi connectivity index (χ4n) is 3.89. The van der Waals surface area contributed by atoms with Gasteiger partial charge in [-0.05, 0) is 31.4 Å². The quantitative estimate of drug-likeness (QED) is 0.325. The summed E-state index contributed by atoms with van der Waals surface area (Å²) in [5.41, 5.74) is 13.5. The monoisotopic (exact) mass is 543 g/mol. The van der Waals surface area contributed by atoms with Crippen LogP contribution in [0.5, 0.6) is 0 Å². The fraction of sp³-hybridized carbons (Fsp3) is 0.385. The Kier molecular flexibility index (Phi) is 10.0. The molecule has 1 unspecified atom stereocenters. The normalized spacial score (nSPS) is 23.1. The lowest BCUT2D eigenvalue weighted by atomic mass is 10.00. The molecule has 1 saturated heterocycles. The number of hydrogen-bond donors (Lipinski definition) is 5. The Morgan fingerprint density at radius 1 is 1.00 bits per heavy atom. The highest BCUT2D eigenvalue weighted by Crippen LogP contribution is 2.38. The molecular formula is C26H33N5O4S2. The zero-order valence-electron chi connectivity index (χ0n) is 20.8. The number of benzene rings is 2. The third-order valence-corrected chi connectivity index (χ3v) is 9.26. The zero-order chi connectivity index (χ0) is 27.0. The molecule has 2 aromatic rings. The van der Waals surface area contributed by atoms with Crippen LogP contribution < -0.4 is 27.4 Å². The standard InChI is InChI=1S/C26H33N5O4S2/c1-26(2)21(22(28)32)31-24(34)19(14-17-11-7-4-8-12-17)29-25(35)20(15-36-37-26)30-23(33)18(27)13-16-9-5-3-6-10-16/h3-12,18-21H,13-15,27H2,1-2H3,(H2,28,32)(H,29,35)(H,30,33)(H,31,34)/t18-,19?,20+,21-/m0/s1. The molecule has 1 heterocycles. The third-order valence-electron chi connectivity index (χ3n) is 5.96. The van der Waals surface area contributed by atoms with Crippen molar-refractivity contribution in [2.75, 3.05) is 5.75 Å². The average molecular weight is 544 g/mol. The largest absolute Gasteiger partial charge is 0.368 e. The first-order valence-electron chi connectivity index (χ1n) is 11.9. The number of nitrogens with one attached hydrogen (secondary N) is 3. The molecule has 0 radical (unpaired) electrons. The van der Waals surface area contributed by atoms with Crippen LogP contribution in [0.2, 0.25) is 0 Å². The van der Waals surface area contributed by atoms with Crippen LogP contribution in [0.25, 0.3) is 0 Å². The topological polar surface area (TPSA) is 156 Å². The molecule has 1 aliphatic heterocycles. The molecule has 4 atom stereocenters. The Hall–Kier alpha value is -3.02. The van der Waals surface area contributed by atoms with Crippen molar-refractivity contribution in [1.82, 2.24) is 16.0 Å². The van der Waals surface area contributed by atoms with Gasteiger partial charge >= 0.3 is 0 Å². The van der Waals surface area contributed by atoms with E-state index in [-0.39, 0.29) is 12.2 Å². The Morgan fingerprint density at radius 3 is 2.19 bits per heavy atom. The molecule has 37 heavy (non-hydrogen) atoms. The second-order valence-corrected chi connectivity index (χ2v) is 12.4. The summed E-state index contributed by atoms with van der Waals surface area (Å²) >= 11 is 0. The maximum Gasteiger partial charge on any atom is 0.244 e. The molecule has 0 saturated carbocycles. The van der Waals surface area contributed by atoms with Gasteiger partial charge in [-0.3, -0.25) is 19.2 Å². The number of hydrogen-bond acceptors (Lipinski definition) is 7. The molecule has 1 aliphatic rings. The number of carbonyl (C=O) groups is 4. The molecule has 1 fully saturated rings. The molecule has 0 aromatic heterocycles. The Morgan fingerprint density at radius 2 is 1.59 bits per heavy atom. The van der Waals surface area contributed by atoms with Gasteiger partial charge in [-0.2, -0.15) is 0 Å². The van der Waals surface area contributed by atoms with Crippen LogP contribution in [0.1, 0.15) is 25.0 Å². The third kappa shape index (κ3) is 8.24. The number of amides is 4. The minimum atomic E-state index is -0.988.